The Bertz CT molecular complexity index is 3150. The number of benzene rings is 8. The van der Waals surface area contributed by atoms with Crippen LogP contribution in [0.1, 0.15) is 0 Å². The zero-order chi connectivity index (χ0) is 34.9. The van der Waals surface area contributed by atoms with Gasteiger partial charge in [0.1, 0.15) is 16.2 Å². The van der Waals surface area contributed by atoms with Gasteiger partial charge in [0.25, 0.3) is 0 Å². The van der Waals surface area contributed by atoms with Crippen LogP contribution in [0, 0.1) is 0 Å². The second-order valence-electron chi connectivity index (χ2n) is 13.6. The zero-order valence-corrected chi connectivity index (χ0v) is 29.3. The van der Waals surface area contributed by atoms with Crippen LogP contribution in [0.25, 0.3) is 104 Å². The molecular formula is C49H30N2OS. The van der Waals surface area contributed by atoms with Gasteiger partial charge in [0.15, 0.2) is 0 Å². The molecule has 0 aliphatic heterocycles. The van der Waals surface area contributed by atoms with Gasteiger partial charge in [-0.25, -0.2) is 4.98 Å². The Labute approximate surface area is 309 Å². The van der Waals surface area contributed by atoms with E-state index in [2.05, 4.69) is 187 Å². The normalized spacial score (nSPS) is 11.8. The van der Waals surface area contributed by atoms with Crippen molar-refractivity contribution in [3.8, 4) is 49.6 Å². The molecule has 0 aliphatic carbocycles. The molecule has 0 amide bonds. The first-order chi connectivity index (χ1) is 26.2. The van der Waals surface area contributed by atoms with Crippen molar-refractivity contribution in [1.82, 2.24) is 9.55 Å². The van der Waals surface area contributed by atoms with Crippen LogP contribution in [0.3, 0.4) is 0 Å². The first kappa shape index (κ1) is 29.9. The molecule has 11 rings (SSSR count). The second kappa shape index (κ2) is 11.9. The van der Waals surface area contributed by atoms with Crippen LogP contribution in [-0.4, -0.2) is 9.55 Å². The predicted octanol–water partition coefficient (Wildman–Crippen LogP) is 14.0. The summed E-state index contributed by atoms with van der Waals surface area (Å²) in [5.74, 6) is 0. The van der Waals surface area contributed by atoms with E-state index in [9.17, 15) is 0 Å². The summed E-state index contributed by atoms with van der Waals surface area (Å²) in [6.45, 7) is 0. The summed E-state index contributed by atoms with van der Waals surface area (Å²) in [6, 6.07) is 64.9. The molecule has 0 spiro atoms. The highest BCUT2D eigenvalue weighted by Crippen LogP contribution is 2.43. The largest absolute Gasteiger partial charge is 0.456 e. The van der Waals surface area contributed by atoms with Crippen LogP contribution < -0.4 is 0 Å². The van der Waals surface area contributed by atoms with E-state index in [0.29, 0.717) is 0 Å². The van der Waals surface area contributed by atoms with E-state index in [1.165, 1.54) is 49.6 Å². The predicted molar refractivity (Wildman–Crippen MR) is 223 cm³/mol. The van der Waals surface area contributed by atoms with E-state index in [1.807, 2.05) is 0 Å². The van der Waals surface area contributed by atoms with Gasteiger partial charge in [-0.15, -0.1) is 11.3 Å². The molecular weight excluding hydrogens is 665 g/mol. The van der Waals surface area contributed by atoms with Gasteiger partial charge in [-0.3, -0.25) is 0 Å². The molecule has 0 radical (unpaired) electrons. The minimum absolute atomic E-state index is 0.885. The number of thiazole rings is 1. The molecule has 0 fully saturated rings. The molecule has 11 aromatic rings. The summed E-state index contributed by atoms with van der Waals surface area (Å²) in [4.78, 5) is 5.21. The van der Waals surface area contributed by atoms with Crippen molar-refractivity contribution < 1.29 is 4.42 Å². The second-order valence-corrected chi connectivity index (χ2v) is 14.6. The van der Waals surface area contributed by atoms with Gasteiger partial charge in [0.2, 0.25) is 0 Å². The zero-order valence-electron chi connectivity index (χ0n) is 28.5. The van der Waals surface area contributed by atoms with Crippen molar-refractivity contribution >= 4 is 65.3 Å². The van der Waals surface area contributed by atoms with Crippen LogP contribution >= 0.6 is 11.3 Å². The Morgan fingerprint density at radius 2 is 1.00 bits per heavy atom. The fourth-order valence-corrected chi connectivity index (χ4v) is 8.99. The smallest absolute Gasteiger partial charge is 0.137 e. The summed E-state index contributed by atoms with van der Waals surface area (Å²) in [5, 5.41) is 5.67. The maximum absolute atomic E-state index is 6.41. The minimum Gasteiger partial charge on any atom is -0.456 e. The van der Waals surface area contributed by atoms with Crippen LogP contribution in [0.5, 0.6) is 0 Å². The highest BCUT2D eigenvalue weighted by molar-refractivity contribution is 7.22. The van der Waals surface area contributed by atoms with Gasteiger partial charge in [-0.2, -0.15) is 0 Å². The average Bonchev–Trinajstić information content (AvgIpc) is 3.93. The minimum atomic E-state index is 0.885. The molecule has 0 N–H and O–H groups in total. The lowest BCUT2D eigenvalue weighted by Crippen LogP contribution is -1.94. The fourth-order valence-electron chi connectivity index (χ4n) is 7.87. The maximum atomic E-state index is 6.41. The molecule has 0 atom stereocenters. The van der Waals surface area contributed by atoms with Crippen molar-refractivity contribution in [2.24, 2.45) is 0 Å². The number of aromatic nitrogens is 2. The molecule has 3 aromatic heterocycles. The van der Waals surface area contributed by atoms with E-state index in [0.717, 1.165) is 54.0 Å². The number of rotatable bonds is 5. The summed E-state index contributed by atoms with van der Waals surface area (Å²) in [5.41, 5.74) is 14.6. The molecule has 0 unspecified atom stereocenters. The topological polar surface area (TPSA) is 31.0 Å². The van der Waals surface area contributed by atoms with Crippen molar-refractivity contribution in [2.75, 3.05) is 0 Å². The molecule has 4 heteroatoms. The first-order valence-corrected chi connectivity index (χ1v) is 18.7. The Morgan fingerprint density at radius 3 is 1.81 bits per heavy atom. The van der Waals surface area contributed by atoms with Gasteiger partial charge >= 0.3 is 0 Å². The van der Waals surface area contributed by atoms with Crippen LogP contribution in [0.2, 0.25) is 0 Å². The highest BCUT2D eigenvalue weighted by Gasteiger charge is 2.18. The molecule has 248 valence electrons. The lowest BCUT2D eigenvalue weighted by Gasteiger charge is -2.10. The van der Waals surface area contributed by atoms with Crippen molar-refractivity contribution in [3.63, 3.8) is 0 Å². The Balaban J connectivity index is 1.02. The SMILES string of the molecule is c1ccc(-c2ccc(-c3ccc4oc5ccc6nc(-c7ccc8c(c7)c7ccccc7n8-c7cccc(-c8ccccc8)c7)sc6c5c4c3)cc2)cc1. The van der Waals surface area contributed by atoms with Crippen molar-refractivity contribution in [1.29, 1.82) is 0 Å². The number of fused-ring (bicyclic) bond motifs is 8. The van der Waals surface area contributed by atoms with Gasteiger partial charge < -0.3 is 8.98 Å². The summed E-state index contributed by atoms with van der Waals surface area (Å²) in [7, 11) is 0. The van der Waals surface area contributed by atoms with Gasteiger partial charge in [0, 0.05) is 32.8 Å². The highest BCUT2D eigenvalue weighted by atomic mass is 32.1. The third-order valence-electron chi connectivity index (χ3n) is 10.4. The van der Waals surface area contributed by atoms with E-state index in [-0.39, 0.29) is 0 Å². The lowest BCUT2D eigenvalue weighted by molar-refractivity contribution is 0.669. The molecule has 0 saturated carbocycles. The lowest BCUT2D eigenvalue weighted by atomic mass is 9.99. The molecule has 8 aromatic carbocycles. The maximum Gasteiger partial charge on any atom is 0.137 e. The monoisotopic (exact) mass is 694 g/mol. The number of furan rings is 1. The van der Waals surface area contributed by atoms with Gasteiger partial charge in [-0.1, -0.05) is 121 Å². The summed E-state index contributed by atoms with van der Waals surface area (Å²) >= 11 is 1.74. The van der Waals surface area contributed by atoms with E-state index >= 15 is 0 Å². The standard InChI is InChI=1S/C49H30N2OS/c1-3-10-31(11-4-1)33-18-20-34(21-19-33)36-23-26-45-41(29-36)47-46(52-45)27-24-42-48(47)53-49(50-42)37-22-25-44-40(30-37)39-16-7-8-17-43(39)51(44)38-15-9-14-35(28-38)32-12-5-2-6-13-32/h1-30H. The van der Waals surface area contributed by atoms with Crippen molar-refractivity contribution in [3.05, 3.63) is 182 Å². The molecule has 53 heavy (non-hydrogen) atoms. The van der Waals surface area contributed by atoms with Crippen molar-refractivity contribution in [2.45, 2.75) is 0 Å². The number of hydrogen-bond donors (Lipinski definition) is 0. The Kier molecular flexibility index (Phi) is 6.73. The van der Waals surface area contributed by atoms with E-state index < -0.39 is 0 Å². The number of nitrogens with zero attached hydrogens (tertiary/aromatic N) is 2. The third-order valence-corrected chi connectivity index (χ3v) is 11.6. The quantitative estimate of drug-likeness (QED) is 0.180. The number of para-hydroxylation sites is 1. The summed E-state index contributed by atoms with van der Waals surface area (Å²) in [6.07, 6.45) is 0. The van der Waals surface area contributed by atoms with Gasteiger partial charge in [-0.05, 0) is 94.0 Å². The fraction of sp³-hybridized carbons (Fsp3) is 0. The molecule has 0 aliphatic rings. The Hall–Kier alpha value is -6.75. The first-order valence-electron chi connectivity index (χ1n) is 17.9. The van der Waals surface area contributed by atoms with Crippen LogP contribution in [0.15, 0.2) is 186 Å². The molecule has 0 saturated heterocycles. The van der Waals surface area contributed by atoms with Crippen LogP contribution in [-0.2, 0) is 0 Å². The van der Waals surface area contributed by atoms with E-state index in [4.69, 9.17) is 9.40 Å². The molecule has 3 nitrogen and oxygen atoms in total. The average molecular weight is 695 g/mol. The third kappa shape index (κ3) is 4.91. The van der Waals surface area contributed by atoms with Crippen LogP contribution in [0.4, 0.5) is 0 Å². The Morgan fingerprint density at radius 1 is 0.415 bits per heavy atom. The number of hydrogen-bond acceptors (Lipinski definition) is 3. The van der Waals surface area contributed by atoms with Gasteiger partial charge in [0.05, 0.1) is 21.3 Å². The van der Waals surface area contributed by atoms with E-state index in [1.54, 1.807) is 11.3 Å². The molecule has 3 heterocycles. The molecule has 0 bridgehead atoms. The summed E-state index contributed by atoms with van der Waals surface area (Å²) < 4.78 is 9.94.